The van der Waals surface area contributed by atoms with Gasteiger partial charge in [0.2, 0.25) is 5.91 Å². The first-order chi connectivity index (χ1) is 15.6. The molecule has 0 spiro atoms. The van der Waals surface area contributed by atoms with Crippen molar-refractivity contribution in [1.29, 1.82) is 0 Å². The van der Waals surface area contributed by atoms with Crippen molar-refractivity contribution in [2.24, 2.45) is 11.8 Å². The van der Waals surface area contributed by atoms with Crippen molar-refractivity contribution in [1.82, 2.24) is 10.2 Å². The fraction of sp³-hybridized carbons (Fsp3) is 0.731. The number of ether oxygens (including phenoxy) is 3. The maximum atomic E-state index is 13.4. The highest BCUT2D eigenvalue weighted by atomic mass is 16.6. The van der Waals surface area contributed by atoms with E-state index >= 15 is 0 Å². The summed E-state index contributed by atoms with van der Waals surface area (Å²) < 4.78 is 16.6. The highest BCUT2D eigenvalue weighted by Crippen LogP contribution is 2.38. The van der Waals surface area contributed by atoms with E-state index in [9.17, 15) is 14.4 Å². The lowest BCUT2D eigenvalue weighted by Gasteiger charge is -2.35. The van der Waals surface area contributed by atoms with Crippen LogP contribution in [0.25, 0.3) is 0 Å². The Labute approximate surface area is 205 Å². The first-order valence-electron chi connectivity index (χ1n) is 12.0. The third kappa shape index (κ3) is 9.03. The monoisotopic (exact) mass is 480 g/mol. The fourth-order valence-electron chi connectivity index (χ4n) is 4.23. The summed E-state index contributed by atoms with van der Waals surface area (Å²) in [5.41, 5.74) is -0.766. The number of hydrogen-bond donors (Lipinski definition) is 1. The lowest BCUT2D eigenvalue weighted by molar-refractivity contribution is -0.160. The molecule has 1 unspecified atom stereocenters. The number of methoxy groups -OCH3 is 1. The summed E-state index contributed by atoms with van der Waals surface area (Å²) in [4.78, 5) is 39.9. The molecule has 0 radical (unpaired) electrons. The van der Waals surface area contributed by atoms with Crippen molar-refractivity contribution in [3.8, 4) is 0 Å². The van der Waals surface area contributed by atoms with Gasteiger partial charge >= 0.3 is 12.1 Å². The Morgan fingerprint density at radius 3 is 2.12 bits per heavy atom. The van der Waals surface area contributed by atoms with E-state index in [1.165, 1.54) is 20.3 Å². The minimum Gasteiger partial charge on any atom is -0.503 e. The molecule has 1 saturated heterocycles. The van der Waals surface area contributed by atoms with Crippen molar-refractivity contribution in [2.75, 3.05) is 7.11 Å². The van der Waals surface area contributed by atoms with E-state index in [4.69, 9.17) is 14.2 Å². The van der Waals surface area contributed by atoms with Gasteiger partial charge in [-0.05, 0) is 73.6 Å². The van der Waals surface area contributed by atoms with Gasteiger partial charge < -0.3 is 19.5 Å². The number of likely N-dealkylation sites (tertiary alicyclic amines) is 1. The quantitative estimate of drug-likeness (QED) is 0.300. The van der Waals surface area contributed by atoms with Crippen molar-refractivity contribution < 1.29 is 28.6 Å². The molecule has 8 heteroatoms. The number of esters is 1. The largest absolute Gasteiger partial charge is 0.503 e. The molecule has 0 aliphatic carbocycles. The molecule has 0 aromatic carbocycles. The molecule has 0 aromatic rings. The highest BCUT2D eigenvalue weighted by molar-refractivity contribution is 5.83. The van der Waals surface area contributed by atoms with Gasteiger partial charge in [-0.25, -0.2) is 9.59 Å². The van der Waals surface area contributed by atoms with E-state index in [-0.39, 0.29) is 23.8 Å². The molecule has 1 aliphatic rings. The number of carbonyl (C=O) groups excluding carboxylic acids is 3. The molecule has 1 fully saturated rings. The minimum atomic E-state index is -0.770. The van der Waals surface area contributed by atoms with E-state index in [0.29, 0.717) is 25.0 Å². The maximum absolute atomic E-state index is 13.4. The second-order valence-electron chi connectivity index (χ2n) is 10.8. The smallest absolute Gasteiger partial charge is 0.411 e. The van der Waals surface area contributed by atoms with Gasteiger partial charge in [0, 0.05) is 18.9 Å². The molecule has 1 heterocycles. The van der Waals surface area contributed by atoms with Gasteiger partial charge in [-0.3, -0.25) is 9.69 Å². The van der Waals surface area contributed by atoms with E-state index in [0.717, 1.165) is 0 Å². The maximum Gasteiger partial charge on any atom is 0.411 e. The normalized spacial score (nSPS) is 22.5. The van der Waals surface area contributed by atoms with Gasteiger partial charge in [0.05, 0.1) is 12.8 Å². The zero-order valence-electron chi connectivity index (χ0n) is 22.6. The summed E-state index contributed by atoms with van der Waals surface area (Å²) in [5, 5.41) is 2.85. The second-order valence-corrected chi connectivity index (χ2v) is 10.8. The Hall–Kier alpha value is -2.51. The Balaban J connectivity index is 3.46. The molecular formula is C26H44N2O6. The summed E-state index contributed by atoms with van der Waals surface area (Å²) in [7, 11) is 1.53. The van der Waals surface area contributed by atoms with E-state index in [1.807, 2.05) is 26.0 Å². The average molecular weight is 481 g/mol. The molecule has 4 atom stereocenters. The highest BCUT2D eigenvalue weighted by Gasteiger charge is 2.49. The number of nitrogens with one attached hydrogen (secondary N) is 1. The van der Waals surface area contributed by atoms with Crippen molar-refractivity contribution >= 4 is 18.0 Å². The van der Waals surface area contributed by atoms with Crippen LogP contribution in [0.4, 0.5) is 4.79 Å². The third-order valence-corrected chi connectivity index (χ3v) is 5.43. The molecule has 0 aromatic heterocycles. The summed E-state index contributed by atoms with van der Waals surface area (Å²) in [6.45, 7) is 16.2. The van der Waals surface area contributed by atoms with Gasteiger partial charge in [-0.1, -0.05) is 19.1 Å². The van der Waals surface area contributed by atoms with Gasteiger partial charge in [0.1, 0.15) is 23.5 Å². The summed E-state index contributed by atoms with van der Waals surface area (Å²) in [6, 6.07) is -1.10. The third-order valence-electron chi connectivity index (χ3n) is 5.43. The molecule has 194 valence electrons. The number of nitrogens with zero attached hydrogens (tertiary/aromatic N) is 1. The molecule has 1 aliphatic heterocycles. The lowest BCUT2D eigenvalue weighted by Crippen LogP contribution is -2.50. The SMILES string of the molecule is CC=C[C@@H]1C[C@H](C(=O)OC(C)(C)C)N(C(=O)OC(C)(C)C)[C@@H]1CC(CC)C(=COC)NC(C)=O. The van der Waals surface area contributed by atoms with E-state index < -0.39 is 29.3 Å². The lowest BCUT2D eigenvalue weighted by atomic mass is 9.87. The standard InChI is InChI=1S/C26H44N2O6/c1-11-13-19-15-22(23(30)33-25(4,5)6)28(24(31)34-26(7,8)9)21(19)14-18(12-2)20(16-32-10)27-17(3)29/h11,13,16,18-19,21-22H,12,14-15H2,1-10H3,(H,27,29)/t18?,19-,21-,22-/m1/s1. The summed E-state index contributed by atoms with van der Waals surface area (Å²) >= 11 is 0. The van der Waals surface area contributed by atoms with Crippen LogP contribution in [0.1, 0.15) is 81.6 Å². The van der Waals surface area contributed by atoms with Gasteiger partial charge in [0.15, 0.2) is 0 Å². The first-order valence-corrected chi connectivity index (χ1v) is 12.0. The van der Waals surface area contributed by atoms with E-state index in [2.05, 4.69) is 5.32 Å². The molecule has 1 rings (SSSR count). The number of carbonyl (C=O) groups is 3. The summed E-state index contributed by atoms with van der Waals surface area (Å²) in [6.07, 6.45) is 6.58. The van der Waals surface area contributed by atoms with Crippen LogP contribution in [-0.4, -0.2) is 53.3 Å². The minimum absolute atomic E-state index is 0.0785. The van der Waals surface area contributed by atoms with Crippen LogP contribution in [0.15, 0.2) is 24.1 Å². The topological polar surface area (TPSA) is 94.2 Å². The predicted molar refractivity (Wildman–Crippen MR) is 132 cm³/mol. The second kappa shape index (κ2) is 12.3. The predicted octanol–water partition coefficient (Wildman–Crippen LogP) is 4.94. The number of rotatable bonds is 8. The molecule has 34 heavy (non-hydrogen) atoms. The fourth-order valence-corrected chi connectivity index (χ4v) is 4.23. The van der Waals surface area contributed by atoms with Crippen LogP contribution in [-0.2, 0) is 23.8 Å². The molecule has 2 amide bonds. The van der Waals surface area contributed by atoms with E-state index in [1.54, 1.807) is 46.4 Å². The zero-order chi connectivity index (χ0) is 26.3. The van der Waals surface area contributed by atoms with Crippen LogP contribution in [0.5, 0.6) is 0 Å². The van der Waals surface area contributed by atoms with Gasteiger partial charge in [-0.15, -0.1) is 0 Å². The Morgan fingerprint density at radius 1 is 1.09 bits per heavy atom. The van der Waals surface area contributed by atoms with Crippen molar-refractivity contribution in [3.63, 3.8) is 0 Å². The Kier molecular flexibility index (Phi) is 10.7. The van der Waals surface area contributed by atoms with Gasteiger partial charge in [-0.2, -0.15) is 0 Å². The number of allylic oxidation sites excluding steroid dienone is 2. The molecular weight excluding hydrogens is 436 g/mol. The molecule has 1 N–H and O–H groups in total. The molecule has 0 saturated carbocycles. The van der Waals surface area contributed by atoms with Crippen molar-refractivity contribution in [2.45, 2.75) is 105 Å². The van der Waals surface area contributed by atoms with Crippen LogP contribution in [0, 0.1) is 11.8 Å². The molecule has 0 bridgehead atoms. The molecule has 8 nitrogen and oxygen atoms in total. The van der Waals surface area contributed by atoms with Crippen LogP contribution in [0.2, 0.25) is 0 Å². The van der Waals surface area contributed by atoms with Gasteiger partial charge in [0.25, 0.3) is 0 Å². The Bertz CT molecular complexity index is 775. The Morgan fingerprint density at radius 2 is 1.68 bits per heavy atom. The van der Waals surface area contributed by atoms with Crippen molar-refractivity contribution in [3.05, 3.63) is 24.1 Å². The van der Waals surface area contributed by atoms with Crippen LogP contribution >= 0.6 is 0 Å². The zero-order valence-corrected chi connectivity index (χ0v) is 22.6. The summed E-state index contributed by atoms with van der Waals surface area (Å²) in [5.74, 6) is -0.833. The van der Waals surface area contributed by atoms with Crippen LogP contribution < -0.4 is 5.32 Å². The first kappa shape index (κ1) is 29.5. The average Bonchev–Trinajstić information content (AvgIpc) is 3.01. The number of amides is 2. The van der Waals surface area contributed by atoms with Crippen LogP contribution in [0.3, 0.4) is 0 Å². The number of hydrogen-bond acceptors (Lipinski definition) is 6.